The number of aromatic nitrogens is 1. The zero-order chi connectivity index (χ0) is 13.7. The second-order valence-electron chi connectivity index (χ2n) is 4.45. The molecule has 0 saturated heterocycles. The lowest BCUT2D eigenvalue weighted by molar-refractivity contribution is 0.0947. The third-order valence-corrected chi connectivity index (χ3v) is 4.29. The monoisotopic (exact) mass is 338 g/mol. The summed E-state index contributed by atoms with van der Waals surface area (Å²) >= 11 is 5.09. The van der Waals surface area contributed by atoms with E-state index in [9.17, 15) is 4.79 Å². The Morgan fingerprint density at radius 2 is 2.37 bits per heavy atom. The van der Waals surface area contributed by atoms with Crippen LogP contribution in [-0.4, -0.2) is 17.4 Å². The van der Waals surface area contributed by atoms with Gasteiger partial charge in [-0.05, 0) is 45.8 Å². The highest BCUT2D eigenvalue weighted by Crippen LogP contribution is 2.15. The molecular formula is C14H15BrN2OS. The molecule has 2 aromatic rings. The van der Waals surface area contributed by atoms with Gasteiger partial charge in [-0.25, -0.2) is 0 Å². The maximum absolute atomic E-state index is 12.0. The van der Waals surface area contributed by atoms with Crippen LogP contribution in [0.4, 0.5) is 0 Å². The molecule has 1 N–H and O–H groups in total. The summed E-state index contributed by atoms with van der Waals surface area (Å²) in [4.78, 5) is 17.3. The van der Waals surface area contributed by atoms with Gasteiger partial charge in [-0.1, -0.05) is 13.0 Å². The minimum absolute atomic E-state index is 0.0627. The second-order valence-corrected chi connectivity index (χ2v) is 6.34. The number of carbonyl (C=O) groups excluding carboxylic acids is 1. The van der Waals surface area contributed by atoms with E-state index in [1.54, 1.807) is 29.8 Å². The number of nitrogens with zero attached hydrogens (tertiary/aromatic N) is 1. The van der Waals surface area contributed by atoms with Crippen LogP contribution in [0.25, 0.3) is 0 Å². The van der Waals surface area contributed by atoms with Gasteiger partial charge in [0.25, 0.3) is 5.91 Å². The first-order valence-electron chi connectivity index (χ1n) is 6.07. The van der Waals surface area contributed by atoms with Gasteiger partial charge in [0.05, 0.1) is 5.56 Å². The normalized spacial score (nSPS) is 12.1. The highest BCUT2D eigenvalue weighted by molar-refractivity contribution is 9.10. The number of nitrogens with one attached hydrogen (secondary N) is 1. The zero-order valence-electron chi connectivity index (χ0n) is 10.6. The summed E-state index contributed by atoms with van der Waals surface area (Å²) in [6.07, 6.45) is 4.24. The van der Waals surface area contributed by atoms with Crippen LogP contribution < -0.4 is 5.32 Å². The summed E-state index contributed by atoms with van der Waals surface area (Å²) in [5, 5.41) is 5.04. The quantitative estimate of drug-likeness (QED) is 0.906. The molecule has 5 heteroatoms. The number of hydrogen-bond acceptors (Lipinski definition) is 3. The number of halogens is 1. The van der Waals surface area contributed by atoms with E-state index in [1.807, 2.05) is 0 Å². The fraction of sp³-hybridized carbons (Fsp3) is 0.286. The molecule has 0 fully saturated rings. The van der Waals surface area contributed by atoms with E-state index in [0.717, 1.165) is 10.9 Å². The molecule has 19 heavy (non-hydrogen) atoms. The van der Waals surface area contributed by atoms with E-state index >= 15 is 0 Å². The number of thiophene rings is 1. The number of pyridine rings is 1. The Morgan fingerprint density at radius 3 is 3.05 bits per heavy atom. The van der Waals surface area contributed by atoms with Crippen LogP contribution in [0.3, 0.4) is 0 Å². The maximum atomic E-state index is 12.0. The summed E-state index contributed by atoms with van der Waals surface area (Å²) in [5.74, 6) is 0.357. The Morgan fingerprint density at radius 1 is 1.53 bits per heavy atom. The van der Waals surface area contributed by atoms with Gasteiger partial charge in [0.15, 0.2) is 0 Å². The van der Waals surface area contributed by atoms with E-state index in [4.69, 9.17) is 0 Å². The molecule has 0 unspecified atom stereocenters. The fourth-order valence-electron chi connectivity index (χ4n) is 1.77. The van der Waals surface area contributed by atoms with Crippen molar-refractivity contribution in [1.29, 1.82) is 0 Å². The first-order chi connectivity index (χ1) is 9.16. The molecule has 2 rings (SSSR count). The molecule has 0 aromatic carbocycles. The fourth-order valence-corrected chi connectivity index (χ4v) is 3.07. The van der Waals surface area contributed by atoms with E-state index in [2.05, 4.69) is 50.7 Å². The van der Waals surface area contributed by atoms with Gasteiger partial charge in [0.1, 0.15) is 0 Å². The lowest BCUT2D eigenvalue weighted by atomic mass is 10.1. The summed E-state index contributed by atoms with van der Waals surface area (Å²) in [6.45, 7) is 2.81. The predicted molar refractivity (Wildman–Crippen MR) is 81.5 cm³/mol. The van der Waals surface area contributed by atoms with E-state index in [1.165, 1.54) is 4.88 Å². The first-order valence-corrected chi connectivity index (χ1v) is 7.74. The van der Waals surface area contributed by atoms with Gasteiger partial charge >= 0.3 is 0 Å². The Hall–Kier alpha value is -1.20. The van der Waals surface area contributed by atoms with Crippen LogP contribution in [0.2, 0.25) is 0 Å². The molecule has 0 bridgehead atoms. The van der Waals surface area contributed by atoms with Gasteiger partial charge < -0.3 is 5.32 Å². The largest absolute Gasteiger partial charge is 0.352 e. The van der Waals surface area contributed by atoms with Gasteiger partial charge in [-0.15, -0.1) is 11.3 Å². The lowest BCUT2D eigenvalue weighted by Gasteiger charge is -2.12. The van der Waals surface area contributed by atoms with E-state index in [0.29, 0.717) is 18.0 Å². The highest BCUT2D eigenvalue weighted by Gasteiger charge is 2.11. The summed E-state index contributed by atoms with van der Waals surface area (Å²) < 4.78 is 0.721. The molecule has 0 spiro atoms. The molecule has 1 amide bonds. The Kier molecular flexibility index (Phi) is 5.10. The molecule has 1 atom stereocenters. The van der Waals surface area contributed by atoms with Crippen molar-refractivity contribution in [2.75, 3.05) is 6.54 Å². The maximum Gasteiger partial charge on any atom is 0.252 e. The number of amides is 1. The molecule has 0 aliphatic heterocycles. The molecule has 3 nitrogen and oxygen atoms in total. The molecule has 2 heterocycles. The van der Waals surface area contributed by atoms with Gasteiger partial charge in [-0.3, -0.25) is 9.78 Å². The summed E-state index contributed by atoms with van der Waals surface area (Å²) in [6, 6.07) is 5.89. The Bertz CT molecular complexity index is 542. The third-order valence-electron chi connectivity index (χ3n) is 2.76. The number of carbonyl (C=O) groups is 1. The van der Waals surface area contributed by atoms with Crippen molar-refractivity contribution in [2.24, 2.45) is 5.92 Å². The molecule has 100 valence electrons. The van der Waals surface area contributed by atoms with Crippen molar-refractivity contribution in [3.8, 4) is 0 Å². The average Bonchev–Trinajstić information content (AvgIpc) is 2.89. The number of rotatable bonds is 5. The van der Waals surface area contributed by atoms with Gasteiger partial charge in [0.2, 0.25) is 0 Å². The van der Waals surface area contributed by atoms with Crippen LogP contribution in [0.1, 0.15) is 22.2 Å². The molecule has 0 aliphatic rings. The SMILES string of the molecule is C[C@@H](CNC(=O)c1ccncc1Br)Cc1cccs1. The van der Waals surface area contributed by atoms with Gasteiger partial charge in [0, 0.05) is 28.3 Å². The van der Waals surface area contributed by atoms with Gasteiger partial charge in [-0.2, -0.15) is 0 Å². The Labute approximate surface area is 125 Å². The number of hydrogen-bond donors (Lipinski definition) is 1. The van der Waals surface area contributed by atoms with Crippen LogP contribution in [0.15, 0.2) is 40.4 Å². The molecule has 2 aromatic heterocycles. The average molecular weight is 339 g/mol. The summed E-state index contributed by atoms with van der Waals surface area (Å²) in [5.41, 5.74) is 0.623. The van der Waals surface area contributed by atoms with Crippen molar-refractivity contribution < 1.29 is 4.79 Å². The van der Waals surface area contributed by atoms with Crippen molar-refractivity contribution in [2.45, 2.75) is 13.3 Å². The molecule has 0 saturated carbocycles. The minimum Gasteiger partial charge on any atom is -0.352 e. The van der Waals surface area contributed by atoms with Crippen LogP contribution >= 0.6 is 27.3 Å². The van der Waals surface area contributed by atoms with E-state index in [-0.39, 0.29) is 5.91 Å². The molecule has 0 aliphatic carbocycles. The van der Waals surface area contributed by atoms with Crippen LogP contribution in [-0.2, 0) is 6.42 Å². The van der Waals surface area contributed by atoms with Crippen molar-refractivity contribution in [3.63, 3.8) is 0 Å². The van der Waals surface area contributed by atoms with Crippen LogP contribution in [0.5, 0.6) is 0 Å². The van der Waals surface area contributed by atoms with Crippen molar-refractivity contribution in [1.82, 2.24) is 10.3 Å². The lowest BCUT2D eigenvalue weighted by Crippen LogP contribution is -2.29. The third kappa shape index (κ3) is 4.14. The topological polar surface area (TPSA) is 42.0 Å². The minimum atomic E-state index is -0.0627. The first kappa shape index (κ1) is 14.2. The van der Waals surface area contributed by atoms with Crippen molar-refractivity contribution in [3.05, 3.63) is 50.9 Å². The standard InChI is InChI=1S/C14H15BrN2OS/c1-10(7-11-3-2-6-19-11)8-17-14(18)12-4-5-16-9-13(12)15/h2-6,9-10H,7-8H2,1H3,(H,17,18)/t10-/m1/s1. The molecule has 0 radical (unpaired) electrons. The summed E-state index contributed by atoms with van der Waals surface area (Å²) in [7, 11) is 0. The highest BCUT2D eigenvalue weighted by atomic mass is 79.9. The smallest absolute Gasteiger partial charge is 0.252 e. The van der Waals surface area contributed by atoms with Crippen molar-refractivity contribution >= 4 is 33.2 Å². The Balaban J connectivity index is 1.85. The van der Waals surface area contributed by atoms with Crippen LogP contribution in [0, 0.1) is 5.92 Å². The van der Waals surface area contributed by atoms with E-state index < -0.39 is 0 Å². The second kappa shape index (κ2) is 6.82. The molecular weight excluding hydrogens is 324 g/mol. The zero-order valence-corrected chi connectivity index (χ0v) is 13.0. The predicted octanol–water partition coefficient (Wildman–Crippen LogP) is 3.51.